The van der Waals surface area contributed by atoms with Gasteiger partial charge in [0.05, 0.1) is 23.0 Å². The molecule has 4 nitrogen and oxygen atoms in total. The Hall–Kier alpha value is -0.100. The summed E-state index contributed by atoms with van der Waals surface area (Å²) in [6.07, 6.45) is 34.7. The van der Waals surface area contributed by atoms with E-state index in [0.29, 0.717) is 12.8 Å². The Morgan fingerprint density at radius 2 is 0.425 bits per heavy atom. The molecular formula is C34H70O4S2. The van der Waals surface area contributed by atoms with Crippen LogP contribution in [0.5, 0.6) is 0 Å². The van der Waals surface area contributed by atoms with E-state index in [2.05, 4.69) is 13.8 Å². The Morgan fingerprint density at radius 3 is 0.625 bits per heavy atom. The molecule has 0 saturated carbocycles. The molecule has 0 N–H and O–H groups in total. The maximum Gasteiger partial charge on any atom is 0.151 e. The monoisotopic (exact) mass is 606 g/mol. The molecule has 0 spiro atoms. The van der Waals surface area contributed by atoms with Gasteiger partial charge in [-0.1, -0.05) is 181 Å². The molecule has 0 radical (unpaired) electrons. The molecule has 0 heterocycles. The van der Waals surface area contributed by atoms with E-state index >= 15 is 0 Å². The number of hydrogen-bond donors (Lipinski definition) is 0. The van der Waals surface area contributed by atoms with E-state index < -0.39 is 19.7 Å². The van der Waals surface area contributed by atoms with Crippen LogP contribution in [0.2, 0.25) is 0 Å². The molecule has 0 aliphatic rings. The normalized spacial score (nSPS) is 12.3. The van der Waals surface area contributed by atoms with Gasteiger partial charge < -0.3 is 0 Å². The van der Waals surface area contributed by atoms with Crippen molar-refractivity contribution in [3.8, 4) is 0 Å². The topological polar surface area (TPSA) is 68.3 Å². The van der Waals surface area contributed by atoms with Crippen LogP contribution >= 0.6 is 0 Å². The third-order valence-corrected chi connectivity index (χ3v) is 12.1. The zero-order chi connectivity index (χ0) is 29.6. The fraction of sp³-hybridized carbons (Fsp3) is 1.00. The molecule has 0 aromatic heterocycles. The number of unbranched alkanes of at least 4 members (excludes halogenated alkanes) is 26. The van der Waals surface area contributed by atoms with Gasteiger partial charge in [0.15, 0.2) is 19.7 Å². The van der Waals surface area contributed by atoms with Gasteiger partial charge in [0.25, 0.3) is 0 Å². The lowest BCUT2D eigenvalue weighted by Crippen LogP contribution is -2.21. The molecule has 0 aromatic rings. The van der Waals surface area contributed by atoms with Crippen LogP contribution in [-0.2, 0) is 19.7 Å². The van der Waals surface area contributed by atoms with Gasteiger partial charge in [-0.3, -0.25) is 0 Å². The number of sulfone groups is 2. The molecule has 0 aliphatic carbocycles. The highest BCUT2D eigenvalue weighted by atomic mass is 32.2. The lowest BCUT2D eigenvalue weighted by atomic mass is 10.0. The van der Waals surface area contributed by atoms with Gasteiger partial charge in [0.1, 0.15) is 0 Å². The Kier molecular flexibility index (Phi) is 28.9. The minimum atomic E-state index is -3.27. The first-order chi connectivity index (χ1) is 19.3. The fourth-order valence-electron chi connectivity index (χ4n) is 5.49. The maximum atomic E-state index is 12.3. The van der Waals surface area contributed by atoms with Crippen molar-refractivity contribution in [3.63, 3.8) is 0 Å². The van der Waals surface area contributed by atoms with Crippen molar-refractivity contribution < 1.29 is 16.8 Å². The van der Waals surface area contributed by atoms with Crippen LogP contribution in [0.1, 0.15) is 194 Å². The molecule has 0 fully saturated rings. The minimum absolute atomic E-state index is 0.138. The average molecular weight is 607 g/mol. The summed E-state index contributed by atoms with van der Waals surface area (Å²) in [5.41, 5.74) is 0. The fourth-order valence-corrected chi connectivity index (χ4v) is 9.22. The summed E-state index contributed by atoms with van der Waals surface area (Å²) in [6.45, 7) is 4.52. The molecule has 40 heavy (non-hydrogen) atoms. The average Bonchev–Trinajstić information content (AvgIpc) is 2.92. The van der Waals surface area contributed by atoms with Crippen molar-refractivity contribution in [1.82, 2.24) is 0 Å². The third-order valence-electron chi connectivity index (χ3n) is 8.32. The summed E-state index contributed by atoms with van der Waals surface area (Å²) in [6, 6.07) is 0. The lowest BCUT2D eigenvalue weighted by molar-refractivity contribution is 0.536. The summed E-state index contributed by atoms with van der Waals surface area (Å²) in [5, 5.41) is 0. The van der Waals surface area contributed by atoms with Crippen molar-refractivity contribution in [2.24, 2.45) is 0 Å². The van der Waals surface area contributed by atoms with E-state index in [1.54, 1.807) is 0 Å². The molecule has 0 aliphatic heterocycles. The van der Waals surface area contributed by atoms with Gasteiger partial charge in [-0.25, -0.2) is 16.8 Å². The third kappa shape index (κ3) is 30.8. The van der Waals surface area contributed by atoms with E-state index in [9.17, 15) is 16.8 Å². The predicted octanol–water partition coefficient (Wildman–Crippen LogP) is 10.8. The first-order valence-electron chi connectivity index (χ1n) is 17.7. The van der Waals surface area contributed by atoms with E-state index in [1.165, 1.54) is 141 Å². The van der Waals surface area contributed by atoms with E-state index in [1.807, 2.05) is 0 Å². The van der Waals surface area contributed by atoms with Crippen molar-refractivity contribution in [2.45, 2.75) is 194 Å². The molecule has 0 bridgehead atoms. The largest absolute Gasteiger partial charge is 0.229 e. The molecule has 0 aromatic carbocycles. The van der Waals surface area contributed by atoms with Gasteiger partial charge in [-0.15, -0.1) is 0 Å². The van der Waals surface area contributed by atoms with Gasteiger partial charge >= 0.3 is 0 Å². The Labute approximate surface area is 252 Å². The molecule has 0 unspecified atom stereocenters. The summed E-state index contributed by atoms with van der Waals surface area (Å²) >= 11 is 0. The second-order valence-corrected chi connectivity index (χ2v) is 17.1. The van der Waals surface area contributed by atoms with Crippen LogP contribution in [-0.4, -0.2) is 39.8 Å². The van der Waals surface area contributed by atoms with Gasteiger partial charge in [-0.05, 0) is 12.8 Å². The summed E-state index contributed by atoms with van der Waals surface area (Å²) < 4.78 is 49.3. The molecule has 0 rings (SSSR count). The van der Waals surface area contributed by atoms with Crippen LogP contribution in [0.25, 0.3) is 0 Å². The van der Waals surface area contributed by atoms with Gasteiger partial charge in [0, 0.05) is 0 Å². The van der Waals surface area contributed by atoms with Crippen molar-refractivity contribution in [2.75, 3.05) is 23.0 Å². The highest BCUT2D eigenvalue weighted by Gasteiger charge is 2.17. The number of rotatable bonds is 33. The van der Waals surface area contributed by atoms with Crippen LogP contribution < -0.4 is 0 Å². The lowest BCUT2D eigenvalue weighted by Gasteiger charge is -2.07. The van der Waals surface area contributed by atoms with Crippen molar-refractivity contribution in [3.05, 3.63) is 0 Å². The highest BCUT2D eigenvalue weighted by Crippen LogP contribution is 2.15. The van der Waals surface area contributed by atoms with Crippen LogP contribution in [0, 0.1) is 0 Å². The smallest absolute Gasteiger partial charge is 0.151 e. The molecule has 242 valence electrons. The Balaban J connectivity index is 3.56. The SMILES string of the molecule is CCCCCCCCCCCCCCCCS(=O)(=O)CCS(=O)(=O)CCCCCCCCCCCCCCCC. The first kappa shape index (κ1) is 39.9. The van der Waals surface area contributed by atoms with Gasteiger partial charge in [0.2, 0.25) is 0 Å². The zero-order valence-electron chi connectivity index (χ0n) is 27.1. The molecular weight excluding hydrogens is 537 g/mol. The first-order valence-corrected chi connectivity index (χ1v) is 21.4. The van der Waals surface area contributed by atoms with Crippen LogP contribution in [0.3, 0.4) is 0 Å². The molecule has 0 saturated heterocycles. The van der Waals surface area contributed by atoms with Crippen molar-refractivity contribution in [1.29, 1.82) is 0 Å². The van der Waals surface area contributed by atoms with Crippen molar-refractivity contribution >= 4 is 19.7 Å². The zero-order valence-corrected chi connectivity index (χ0v) is 28.7. The Bertz CT molecular complexity index is 654. The Morgan fingerprint density at radius 1 is 0.250 bits per heavy atom. The second-order valence-electron chi connectivity index (χ2n) is 12.5. The summed E-state index contributed by atoms with van der Waals surface area (Å²) in [5.74, 6) is -0.127. The van der Waals surface area contributed by atoms with E-state index in [0.717, 1.165) is 25.7 Å². The predicted molar refractivity (Wildman–Crippen MR) is 178 cm³/mol. The molecule has 6 heteroatoms. The number of hydrogen-bond acceptors (Lipinski definition) is 4. The van der Waals surface area contributed by atoms with Gasteiger partial charge in [-0.2, -0.15) is 0 Å². The standard InChI is InChI=1S/C34H70O4S2/c1-3-5-7-9-11-13-15-17-19-21-23-25-27-29-31-39(35,36)33-34-40(37,38)32-30-28-26-24-22-20-18-16-14-12-10-8-6-4-2/h3-34H2,1-2H3. The quantitative estimate of drug-likeness (QED) is 0.0697. The maximum absolute atomic E-state index is 12.3. The van der Waals surface area contributed by atoms with Crippen LogP contribution in [0.4, 0.5) is 0 Å². The summed E-state index contributed by atoms with van der Waals surface area (Å²) in [4.78, 5) is 0. The summed E-state index contributed by atoms with van der Waals surface area (Å²) in [7, 11) is -6.54. The van der Waals surface area contributed by atoms with E-state index in [4.69, 9.17) is 0 Å². The van der Waals surface area contributed by atoms with Crippen LogP contribution in [0.15, 0.2) is 0 Å². The second kappa shape index (κ2) is 29.0. The molecule has 0 amide bonds. The molecule has 0 atom stereocenters. The van der Waals surface area contributed by atoms with E-state index in [-0.39, 0.29) is 23.0 Å². The highest BCUT2D eigenvalue weighted by molar-refractivity contribution is 7.95. The minimum Gasteiger partial charge on any atom is -0.229 e.